The Kier molecular flexibility index (Phi) is 4.24. The molecule has 1 heterocycles. The number of benzene rings is 1. The number of nitrogens with one attached hydrogen (secondary N) is 1. The van der Waals surface area contributed by atoms with Crippen molar-refractivity contribution in [2.24, 2.45) is 0 Å². The molecule has 0 aliphatic carbocycles. The van der Waals surface area contributed by atoms with Gasteiger partial charge in [-0.1, -0.05) is 18.2 Å². The second-order valence-electron chi connectivity index (χ2n) is 3.55. The molecule has 0 atom stereocenters. The summed E-state index contributed by atoms with van der Waals surface area (Å²) >= 11 is 0. The zero-order valence-corrected chi connectivity index (χ0v) is 9.74. The maximum atomic E-state index is 11.6. The summed E-state index contributed by atoms with van der Waals surface area (Å²) in [6.45, 7) is 0.334. The van der Waals surface area contributed by atoms with Crippen molar-refractivity contribution in [1.29, 1.82) is 0 Å². The van der Waals surface area contributed by atoms with Gasteiger partial charge in [-0.3, -0.25) is 4.79 Å². The highest BCUT2D eigenvalue weighted by Gasteiger charge is 2.03. The minimum atomic E-state index is -0.135. The van der Waals surface area contributed by atoms with Gasteiger partial charge in [0.2, 0.25) is 5.91 Å². The fourth-order valence-electron chi connectivity index (χ4n) is 1.35. The average molecular weight is 243 g/mol. The molecule has 0 saturated carbocycles. The first kappa shape index (κ1) is 12.0. The van der Waals surface area contributed by atoms with Crippen molar-refractivity contribution in [2.75, 3.05) is 11.9 Å². The van der Waals surface area contributed by atoms with Crippen LogP contribution in [0.1, 0.15) is 6.42 Å². The van der Waals surface area contributed by atoms with E-state index in [2.05, 4.69) is 15.3 Å². The molecule has 5 nitrogen and oxygen atoms in total. The van der Waals surface area contributed by atoms with Crippen molar-refractivity contribution in [2.45, 2.75) is 6.42 Å². The zero-order valence-electron chi connectivity index (χ0n) is 9.74. The smallest absolute Gasteiger partial charge is 0.228 e. The molecule has 1 N–H and O–H groups in total. The van der Waals surface area contributed by atoms with E-state index in [1.165, 1.54) is 6.33 Å². The highest BCUT2D eigenvalue weighted by atomic mass is 16.5. The molecular weight excluding hydrogens is 230 g/mol. The minimum Gasteiger partial charge on any atom is -0.493 e. The third-order valence-electron chi connectivity index (χ3n) is 2.19. The Labute approximate surface area is 105 Å². The van der Waals surface area contributed by atoms with E-state index in [0.717, 1.165) is 5.75 Å². The number of nitrogens with zero attached hydrogens (tertiary/aromatic N) is 2. The second kappa shape index (κ2) is 6.34. The van der Waals surface area contributed by atoms with Crippen LogP contribution in [0.3, 0.4) is 0 Å². The first-order valence-corrected chi connectivity index (χ1v) is 5.58. The van der Waals surface area contributed by atoms with E-state index in [4.69, 9.17) is 4.74 Å². The van der Waals surface area contributed by atoms with Crippen molar-refractivity contribution in [3.8, 4) is 5.75 Å². The van der Waals surface area contributed by atoms with E-state index in [9.17, 15) is 4.79 Å². The lowest BCUT2D eigenvalue weighted by molar-refractivity contribution is -0.116. The third kappa shape index (κ3) is 3.86. The molecule has 0 saturated heterocycles. The predicted octanol–water partition coefficient (Wildman–Crippen LogP) is 1.88. The first-order chi connectivity index (χ1) is 8.84. The van der Waals surface area contributed by atoms with Crippen LogP contribution in [0.15, 0.2) is 48.9 Å². The molecule has 5 heteroatoms. The Balaban J connectivity index is 1.73. The summed E-state index contributed by atoms with van der Waals surface area (Å²) in [5.41, 5.74) is 0. The van der Waals surface area contributed by atoms with Gasteiger partial charge >= 0.3 is 0 Å². The second-order valence-corrected chi connectivity index (χ2v) is 3.55. The van der Waals surface area contributed by atoms with Crippen LogP contribution in [-0.4, -0.2) is 22.5 Å². The normalized spacial score (nSPS) is 9.78. The van der Waals surface area contributed by atoms with E-state index in [1.54, 1.807) is 12.3 Å². The molecule has 0 radical (unpaired) electrons. The standard InChI is InChI=1S/C13H13N3O2/c17-13(16-12-6-8-14-10-15-12)7-9-18-11-4-2-1-3-5-11/h1-6,8,10H,7,9H2,(H,14,15,16,17). The Hall–Kier alpha value is -2.43. The largest absolute Gasteiger partial charge is 0.493 e. The monoisotopic (exact) mass is 243 g/mol. The van der Waals surface area contributed by atoms with Gasteiger partial charge in [-0.05, 0) is 18.2 Å². The molecule has 92 valence electrons. The van der Waals surface area contributed by atoms with Gasteiger partial charge in [-0.25, -0.2) is 9.97 Å². The summed E-state index contributed by atoms with van der Waals surface area (Å²) < 4.78 is 5.42. The Morgan fingerprint density at radius 2 is 2.06 bits per heavy atom. The van der Waals surface area contributed by atoms with E-state index in [-0.39, 0.29) is 12.3 Å². The van der Waals surface area contributed by atoms with Crippen LogP contribution in [0.2, 0.25) is 0 Å². The molecule has 0 unspecified atom stereocenters. The summed E-state index contributed by atoms with van der Waals surface area (Å²) in [5, 5.41) is 2.66. The molecule has 1 aromatic carbocycles. The van der Waals surface area contributed by atoms with Gasteiger partial charge in [0, 0.05) is 6.20 Å². The molecular formula is C13H13N3O2. The van der Waals surface area contributed by atoms with Crippen molar-refractivity contribution in [1.82, 2.24) is 9.97 Å². The number of amides is 1. The number of rotatable bonds is 5. The average Bonchev–Trinajstić information content (AvgIpc) is 2.41. The first-order valence-electron chi connectivity index (χ1n) is 5.58. The minimum absolute atomic E-state index is 0.135. The van der Waals surface area contributed by atoms with Crippen LogP contribution < -0.4 is 10.1 Å². The van der Waals surface area contributed by atoms with Crippen molar-refractivity contribution in [3.63, 3.8) is 0 Å². The number of anilines is 1. The lowest BCUT2D eigenvalue weighted by Gasteiger charge is -2.06. The molecule has 2 aromatic rings. The molecule has 0 fully saturated rings. The number of hydrogen-bond acceptors (Lipinski definition) is 4. The molecule has 1 amide bonds. The summed E-state index contributed by atoms with van der Waals surface area (Å²) in [6.07, 6.45) is 3.23. The third-order valence-corrected chi connectivity index (χ3v) is 2.19. The topological polar surface area (TPSA) is 64.1 Å². The molecule has 0 aliphatic heterocycles. The SMILES string of the molecule is O=C(CCOc1ccccc1)Nc1ccncn1. The summed E-state index contributed by atoms with van der Waals surface area (Å²) in [7, 11) is 0. The van der Waals surface area contributed by atoms with E-state index >= 15 is 0 Å². The number of carbonyl (C=O) groups is 1. The van der Waals surface area contributed by atoms with Crippen LogP contribution in [0.4, 0.5) is 5.82 Å². The van der Waals surface area contributed by atoms with E-state index in [1.807, 2.05) is 30.3 Å². The lowest BCUT2D eigenvalue weighted by Crippen LogP contribution is -2.15. The van der Waals surface area contributed by atoms with Crippen molar-refractivity contribution >= 4 is 11.7 Å². The lowest BCUT2D eigenvalue weighted by atomic mass is 10.3. The maximum Gasteiger partial charge on any atom is 0.228 e. The van der Waals surface area contributed by atoms with E-state index in [0.29, 0.717) is 12.4 Å². The number of carbonyl (C=O) groups excluding carboxylic acids is 1. The summed E-state index contributed by atoms with van der Waals surface area (Å²) in [6, 6.07) is 11.0. The zero-order chi connectivity index (χ0) is 12.6. The number of aromatic nitrogens is 2. The molecule has 0 bridgehead atoms. The highest BCUT2D eigenvalue weighted by molar-refractivity contribution is 5.89. The highest BCUT2D eigenvalue weighted by Crippen LogP contribution is 2.08. The van der Waals surface area contributed by atoms with Gasteiger partial charge in [0.1, 0.15) is 17.9 Å². The maximum absolute atomic E-state index is 11.6. The van der Waals surface area contributed by atoms with Crippen LogP contribution in [-0.2, 0) is 4.79 Å². The predicted molar refractivity (Wildman–Crippen MR) is 67.2 cm³/mol. The number of ether oxygens (including phenoxy) is 1. The summed E-state index contributed by atoms with van der Waals surface area (Å²) in [4.78, 5) is 19.2. The van der Waals surface area contributed by atoms with Crippen LogP contribution in [0, 0.1) is 0 Å². The van der Waals surface area contributed by atoms with Gasteiger partial charge in [0.05, 0.1) is 13.0 Å². The van der Waals surface area contributed by atoms with Gasteiger partial charge in [0.25, 0.3) is 0 Å². The fraction of sp³-hybridized carbons (Fsp3) is 0.154. The molecule has 2 rings (SSSR count). The molecule has 1 aromatic heterocycles. The van der Waals surface area contributed by atoms with Crippen LogP contribution >= 0.6 is 0 Å². The van der Waals surface area contributed by atoms with E-state index < -0.39 is 0 Å². The molecule has 18 heavy (non-hydrogen) atoms. The van der Waals surface area contributed by atoms with Gasteiger partial charge in [-0.2, -0.15) is 0 Å². The van der Waals surface area contributed by atoms with Crippen LogP contribution in [0.25, 0.3) is 0 Å². The number of para-hydroxylation sites is 1. The Bertz CT molecular complexity index is 488. The van der Waals surface area contributed by atoms with Crippen molar-refractivity contribution in [3.05, 3.63) is 48.9 Å². The number of hydrogen-bond donors (Lipinski definition) is 1. The van der Waals surface area contributed by atoms with Gasteiger partial charge in [0.15, 0.2) is 0 Å². The Morgan fingerprint density at radius 1 is 1.22 bits per heavy atom. The fourth-order valence-corrected chi connectivity index (χ4v) is 1.35. The molecule has 0 spiro atoms. The molecule has 0 aliphatic rings. The van der Waals surface area contributed by atoms with Gasteiger partial charge < -0.3 is 10.1 Å². The van der Waals surface area contributed by atoms with Gasteiger partial charge in [-0.15, -0.1) is 0 Å². The summed E-state index contributed by atoms with van der Waals surface area (Å²) in [5.74, 6) is 1.12. The van der Waals surface area contributed by atoms with Crippen molar-refractivity contribution < 1.29 is 9.53 Å². The quantitative estimate of drug-likeness (QED) is 0.870. The van der Waals surface area contributed by atoms with Crippen LogP contribution in [0.5, 0.6) is 5.75 Å². The Morgan fingerprint density at radius 3 is 2.78 bits per heavy atom.